The number of amides is 1. The molecule has 0 fully saturated rings. The summed E-state index contributed by atoms with van der Waals surface area (Å²) in [6.45, 7) is 1.47. The number of aryl methyl sites for hydroxylation is 1. The van der Waals surface area contributed by atoms with Gasteiger partial charge in [0.2, 0.25) is 0 Å². The lowest BCUT2D eigenvalue weighted by atomic mass is 10.1. The van der Waals surface area contributed by atoms with Crippen molar-refractivity contribution in [3.8, 4) is 0 Å². The van der Waals surface area contributed by atoms with Crippen molar-refractivity contribution in [2.75, 3.05) is 17.7 Å². The zero-order valence-electron chi connectivity index (χ0n) is 11.2. The topological polar surface area (TPSA) is 46.3 Å². The first-order chi connectivity index (χ1) is 9.43. The van der Waals surface area contributed by atoms with Gasteiger partial charge in [0.05, 0.1) is 11.4 Å². The highest BCUT2D eigenvalue weighted by Crippen LogP contribution is 2.25. The van der Waals surface area contributed by atoms with Gasteiger partial charge in [0.25, 0.3) is 5.91 Å². The number of hydrogen-bond acceptors (Lipinski definition) is 2. The molecule has 0 heterocycles. The third-order valence-electron chi connectivity index (χ3n) is 3.10. The molecule has 2 N–H and O–H groups in total. The smallest absolute Gasteiger partial charge is 0.264 e. The van der Waals surface area contributed by atoms with Crippen molar-refractivity contribution in [1.82, 2.24) is 0 Å². The molecule has 0 saturated heterocycles. The third kappa shape index (κ3) is 2.34. The van der Waals surface area contributed by atoms with Crippen molar-refractivity contribution in [2.24, 2.45) is 0 Å². The van der Waals surface area contributed by atoms with Crippen molar-refractivity contribution < 1.29 is 13.6 Å². The summed E-state index contributed by atoms with van der Waals surface area (Å²) in [4.78, 5) is 13.4. The normalized spacial score (nSPS) is 10.4. The first kappa shape index (κ1) is 14.0. The lowest BCUT2D eigenvalue weighted by Crippen LogP contribution is -2.29. The SMILES string of the molecule is Cc1ccc(F)c(C(=O)N(C)c2ccccc2N)c1F. The summed E-state index contributed by atoms with van der Waals surface area (Å²) in [5.41, 5.74) is 6.16. The van der Waals surface area contributed by atoms with Gasteiger partial charge in [-0.25, -0.2) is 8.78 Å². The van der Waals surface area contributed by atoms with Crippen molar-refractivity contribution in [3.63, 3.8) is 0 Å². The molecule has 0 bridgehead atoms. The van der Waals surface area contributed by atoms with E-state index in [0.717, 1.165) is 11.0 Å². The summed E-state index contributed by atoms with van der Waals surface area (Å²) in [5.74, 6) is -2.52. The summed E-state index contributed by atoms with van der Waals surface area (Å²) in [7, 11) is 1.43. The highest BCUT2D eigenvalue weighted by Gasteiger charge is 2.23. The molecule has 0 aliphatic carbocycles. The van der Waals surface area contributed by atoms with Crippen LogP contribution in [0.5, 0.6) is 0 Å². The summed E-state index contributed by atoms with van der Waals surface area (Å²) in [6.07, 6.45) is 0. The highest BCUT2D eigenvalue weighted by molar-refractivity contribution is 6.07. The Kier molecular flexibility index (Phi) is 3.70. The van der Waals surface area contributed by atoms with E-state index in [4.69, 9.17) is 5.73 Å². The minimum Gasteiger partial charge on any atom is -0.397 e. The second-order valence-corrected chi connectivity index (χ2v) is 4.48. The van der Waals surface area contributed by atoms with E-state index in [1.165, 1.54) is 20.0 Å². The fourth-order valence-electron chi connectivity index (χ4n) is 1.92. The highest BCUT2D eigenvalue weighted by atomic mass is 19.1. The van der Waals surface area contributed by atoms with Crippen LogP contribution in [-0.2, 0) is 0 Å². The second-order valence-electron chi connectivity index (χ2n) is 4.48. The maximum Gasteiger partial charge on any atom is 0.264 e. The Labute approximate surface area is 115 Å². The van der Waals surface area contributed by atoms with Crippen LogP contribution in [0.1, 0.15) is 15.9 Å². The van der Waals surface area contributed by atoms with Crippen LogP contribution in [0, 0.1) is 18.6 Å². The molecule has 0 atom stereocenters. The number of hydrogen-bond donors (Lipinski definition) is 1. The van der Waals surface area contributed by atoms with Crippen molar-refractivity contribution in [3.05, 3.63) is 59.2 Å². The molecule has 2 aromatic carbocycles. The average molecular weight is 276 g/mol. The molecule has 2 aromatic rings. The van der Waals surface area contributed by atoms with Gasteiger partial charge in [-0.05, 0) is 30.7 Å². The van der Waals surface area contributed by atoms with Crippen LogP contribution in [0.2, 0.25) is 0 Å². The van der Waals surface area contributed by atoms with Crippen molar-refractivity contribution >= 4 is 17.3 Å². The molecule has 0 aliphatic heterocycles. The van der Waals surface area contributed by atoms with Gasteiger partial charge in [-0.2, -0.15) is 0 Å². The van der Waals surface area contributed by atoms with E-state index in [0.29, 0.717) is 11.4 Å². The van der Waals surface area contributed by atoms with Crippen LogP contribution in [-0.4, -0.2) is 13.0 Å². The quantitative estimate of drug-likeness (QED) is 0.856. The Morgan fingerprint density at radius 3 is 2.45 bits per heavy atom. The van der Waals surface area contributed by atoms with Gasteiger partial charge in [-0.3, -0.25) is 4.79 Å². The monoisotopic (exact) mass is 276 g/mol. The van der Waals surface area contributed by atoms with Gasteiger partial charge in [-0.15, -0.1) is 0 Å². The van der Waals surface area contributed by atoms with E-state index in [9.17, 15) is 13.6 Å². The maximum absolute atomic E-state index is 14.0. The summed E-state index contributed by atoms with van der Waals surface area (Å²) in [5, 5.41) is 0. The zero-order chi connectivity index (χ0) is 14.9. The predicted octanol–water partition coefficient (Wildman–Crippen LogP) is 3.13. The number of nitrogens with two attached hydrogens (primary N) is 1. The molecule has 20 heavy (non-hydrogen) atoms. The molecule has 3 nitrogen and oxygen atoms in total. The number of benzene rings is 2. The second kappa shape index (κ2) is 5.28. The summed E-state index contributed by atoms with van der Waals surface area (Å²) in [6, 6.07) is 9.00. The van der Waals surface area contributed by atoms with Gasteiger partial charge in [0.15, 0.2) is 0 Å². The fraction of sp³-hybridized carbons (Fsp3) is 0.133. The van der Waals surface area contributed by atoms with Crippen LogP contribution < -0.4 is 10.6 Å². The number of anilines is 2. The first-order valence-electron chi connectivity index (χ1n) is 6.00. The number of carbonyl (C=O) groups is 1. The van der Waals surface area contributed by atoms with Crippen LogP contribution in [0.25, 0.3) is 0 Å². The molecule has 0 spiro atoms. The third-order valence-corrected chi connectivity index (χ3v) is 3.10. The average Bonchev–Trinajstić information content (AvgIpc) is 2.43. The van der Waals surface area contributed by atoms with Crippen LogP contribution in [0.15, 0.2) is 36.4 Å². The van der Waals surface area contributed by atoms with Gasteiger partial charge in [-0.1, -0.05) is 18.2 Å². The number of halogens is 2. The number of para-hydroxylation sites is 2. The van der Waals surface area contributed by atoms with Crippen molar-refractivity contribution in [2.45, 2.75) is 6.92 Å². The Hall–Kier alpha value is -2.43. The van der Waals surface area contributed by atoms with E-state index in [2.05, 4.69) is 0 Å². The summed E-state index contributed by atoms with van der Waals surface area (Å²) < 4.78 is 27.7. The Morgan fingerprint density at radius 1 is 1.15 bits per heavy atom. The van der Waals surface area contributed by atoms with Crippen LogP contribution >= 0.6 is 0 Å². The molecule has 104 valence electrons. The Morgan fingerprint density at radius 2 is 1.80 bits per heavy atom. The largest absolute Gasteiger partial charge is 0.397 e. The molecular formula is C15H14F2N2O. The van der Waals surface area contributed by atoms with E-state index in [1.807, 2.05) is 0 Å². The van der Waals surface area contributed by atoms with Crippen molar-refractivity contribution in [1.29, 1.82) is 0 Å². The minimum absolute atomic E-state index is 0.212. The maximum atomic E-state index is 14.0. The Bertz CT molecular complexity index is 671. The molecule has 0 radical (unpaired) electrons. The van der Waals surface area contributed by atoms with Gasteiger partial charge in [0.1, 0.15) is 17.2 Å². The predicted molar refractivity (Wildman–Crippen MR) is 74.7 cm³/mol. The number of nitrogen functional groups attached to an aromatic ring is 1. The molecule has 5 heteroatoms. The Balaban J connectivity index is 2.47. The van der Waals surface area contributed by atoms with Crippen LogP contribution in [0.4, 0.5) is 20.2 Å². The van der Waals surface area contributed by atoms with Gasteiger partial charge < -0.3 is 10.6 Å². The van der Waals surface area contributed by atoms with Crippen LogP contribution in [0.3, 0.4) is 0 Å². The minimum atomic E-state index is -0.889. The van der Waals surface area contributed by atoms with Gasteiger partial charge >= 0.3 is 0 Å². The zero-order valence-corrected chi connectivity index (χ0v) is 11.2. The standard InChI is InChI=1S/C15H14F2N2O/c1-9-7-8-10(16)13(14(9)17)15(20)19(2)12-6-4-3-5-11(12)18/h3-8H,18H2,1-2H3. The summed E-state index contributed by atoms with van der Waals surface area (Å²) >= 11 is 0. The molecule has 0 aliphatic rings. The molecule has 0 aromatic heterocycles. The molecule has 1 amide bonds. The molecule has 2 rings (SSSR count). The molecule has 0 saturated carbocycles. The lowest BCUT2D eigenvalue weighted by molar-refractivity contribution is 0.0985. The van der Waals surface area contributed by atoms with E-state index >= 15 is 0 Å². The van der Waals surface area contributed by atoms with Gasteiger partial charge in [0, 0.05) is 7.05 Å². The fourth-order valence-corrected chi connectivity index (χ4v) is 1.92. The number of rotatable bonds is 2. The van der Waals surface area contributed by atoms with E-state index in [1.54, 1.807) is 24.3 Å². The number of carbonyl (C=O) groups excluding carboxylic acids is 1. The molecule has 0 unspecified atom stereocenters. The lowest BCUT2D eigenvalue weighted by Gasteiger charge is -2.20. The van der Waals surface area contributed by atoms with E-state index < -0.39 is 23.1 Å². The molecular weight excluding hydrogens is 262 g/mol. The van der Waals surface area contributed by atoms with E-state index in [-0.39, 0.29) is 5.56 Å². The first-order valence-corrected chi connectivity index (χ1v) is 6.00. The number of nitrogens with zero attached hydrogens (tertiary/aromatic N) is 1.